The van der Waals surface area contributed by atoms with Gasteiger partial charge in [-0.05, 0) is 6.42 Å². The highest BCUT2D eigenvalue weighted by Gasteiger charge is 2.44. The first kappa shape index (κ1) is 6.31. The van der Waals surface area contributed by atoms with Crippen LogP contribution >= 0.6 is 0 Å². The van der Waals surface area contributed by atoms with E-state index in [-0.39, 0.29) is 5.54 Å². The zero-order valence-electron chi connectivity index (χ0n) is 5.85. The lowest BCUT2D eigenvalue weighted by molar-refractivity contribution is -0.122. The third-order valence-corrected chi connectivity index (χ3v) is 2.37. The molecule has 1 unspecified atom stereocenters. The third kappa shape index (κ3) is 0.707. The van der Waals surface area contributed by atoms with Crippen LogP contribution in [-0.4, -0.2) is 31.1 Å². The van der Waals surface area contributed by atoms with Gasteiger partial charge in [0, 0.05) is 19.6 Å². The minimum absolute atomic E-state index is 0.264. The molecular weight excluding hydrogens is 130 g/mol. The summed E-state index contributed by atoms with van der Waals surface area (Å²) in [5.74, 6) is 0.338. The molecule has 1 spiro atoms. The number of hydrogen-bond donors (Lipinski definition) is 1. The lowest BCUT2D eigenvalue weighted by Crippen LogP contribution is -2.45. The summed E-state index contributed by atoms with van der Waals surface area (Å²) in [6, 6.07) is 0. The molecule has 2 saturated heterocycles. The number of nitrogens with one attached hydrogen (secondary N) is 1. The summed E-state index contributed by atoms with van der Waals surface area (Å²) in [5.41, 5.74) is -0.264. The first-order chi connectivity index (χ1) is 4.83. The zero-order valence-corrected chi connectivity index (χ0v) is 5.85. The largest absolute Gasteiger partial charge is 0.379 e. The summed E-state index contributed by atoms with van der Waals surface area (Å²) in [5, 5.41) is 3.21. The summed E-state index contributed by atoms with van der Waals surface area (Å²) in [7, 11) is 0. The van der Waals surface area contributed by atoms with Gasteiger partial charge in [0.2, 0.25) is 0 Å². The number of carbonyl (C=O) groups is 1. The van der Waals surface area contributed by atoms with Crippen LogP contribution in [0.1, 0.15) is 12.8 Å². The van der Waals surface area contributed by atoms with E-state index in [2.05, 4.69) is 5.32 Å². The summed E-state index contributed by atoms with van der Waals surface area (Å²) in [6.07, 6.45) is 1.55. The highest BCUT2D eigenvalue weighted by molar-refractivity contribution is 5.91. The quantitative estimate of drug-likeness (QED) is 0.503. The Bertz CT molecular complexity index is 155. The fourth-order valence-corrected chi connectivity index (χ4v) is 1.68. The van der Waals surface area contributed by atoms with Gasteiger partial charge in [-0.25, -0.2) is 0 Å². The standard InChI is InChI=1S/C7H11NO2/c9-6-1-3-8-7(6)2-4-10-5-7/h8H,1-5H2. The molecule has 2 aliphatic rings. The summed E-state index contributed by atoms with van der Waals surface area (Å²) in [6.45, 7) is 2.16. The van der Waals surface area contributed by atoms with Crippen molar-refractivity contribution in [1.82, 2.24) is 5.32 Å². The second kappa shape index (κ2) is 2.04. The molecule has 0 aliphatic carbocycles. The van der Waals surface area contributed by atoms with E-state index in [4.69, 9.17) is 4.74 Å². The van der Waals surface area contributed by atoms with Crippen LogP contribution in [0.5, 0.6) is 0 Å². The average Bonchev–Trinajstić information content (AvgIpc) is 2.48. The maximum Gasteiger partial charge on any atom is 0.156 e. The van der Waals surface area contributed by atoms with Gasteiger partial charge in [-0.2, -0.15) is 0 Å². The smallest absolute Gasteiger partial charge is 0.156 e. The highest BCUT2D eigenvalue weighted by Crippen LogP contribution is 2.24. The molecule has 2 fully saturated rings. The Labute approximate surface area is 59.7 Å². The Morgan fingerprint density at radius 1 is 1.60 bits per heavy atom. The Kier molecular flexibility index (Phi) is 1.28. The molecule has 0 aromatic carbocycles. The van der Waals surface area contributed by atoms with Crippen molar-refractivity contribution in [3.8, 4) is 0 Å². The van der Waals surface area contributed by atoms with E-state index >= 15 is 0 Å². The molecule has 2 heterocycles. The predicted molar refractivity (Wildman–Crippen MR) is 35.8 cm³/mol. The van der Waals surface area contributed by atoms with E-state index in [1.165, 1.54) is 0 Å². The van der Waals surface area contributed by atoms with Gasteiger partial charge in [0.1, 0.15) is 5.54 Å². The number of hydrogen-bond acceptors (Lipinski definition) is 3. The van der Waals surface area contributed by atoms with Crippen molar-refractivity contribution < 1.29 is 9.53 Å². The van der Waals surface area contributed by atoms with Crippen LogP contribution in [0, 0.1) is 0 Å². The van der Waals surface area contributed by atoms with Gasteiger partial charge in [0.25, 0.3) is 0 Å². The van der Waals surface area contributed by atoms with Crippen LogP contribution in [0.3, 0.4) is 0 Å². The van der Waals surface area contributed by atoms with E-state index in [1.807, 2.05) is 0 Å². The number of ketones is 1. The van der Waals surface area contributed by atoms with Gasteiger partial charge < -0.3 is 10.1 Å². The zero-order chi connectivity index (χ0) is 7.03. The van der Waals surface area contributed by atoms with Gasteiger partial charge in [-0.15, -0.1) is 0 Å². The molecule has 0 aromatic rings. The number of ether oxygens (including phenoxy) is 1. The van der Waals surface area contributed by atoms with Gasteiger partial charge in [0.15, 0.2) is 5.78 Å². The average molecular weight is 141 g/mol. The molecule has 2 rings (SSSR count). The Morgan fingerprint density at radius 3 is 3.00 bits per heavy atom. The maximum absolute atomic E-state index is 11.3. The Hall–Kier alpha value is -0.410. The highest BCUT2D eigenvalue weighted by atomic mass is 16.5. The minimum atomic E-state index is -0.264. The topological polar surface area (TPSA) is 38.3 Å². The summed E-state index contributed by atoms with van der Waals surface area (Å²) in [4.78, 5) is 11.3. The molecule has 0 aromatic heterocycles. The molecule has 0 amide bonds. The fourth-order valence-electron chi connectivity index (χ4n) is 1.68. The van der Waals surface area contributed by atoms with Crippen LogP contribution in [0.2, 0.25) is 0 Å². The molecule has 1 atom stereocenters. The van der Waals surface area contributed by atoms with E-state index in [1.54, 1.807) is 0 Å². The van der Waals surface area contributed by atoms with Crippen molar-refractivity contribution in [2.45, 2.75) is 18.4 Å². The van der Waals surface area contributed by atoms with Gasteiger partial charge in [0.05, 0.1) is 6.61 Å². The molecule has 0 radical (unpaired) electrons. The monoisotopic (exact) mass is 141 g/mol. The van der Waals surface area contributed by atoms with E-state index < -0.39 is 0 Å². The normalized spacial score (nSPS) is 39.8. The van der Waals surface area contributed by atoms with Crippen molar-refractivity contribution in [2.24, 2.45) is 0 Å². The summed E-state index contributed by atoms with van der Waals surface area (Å²) >= 11 is 0. The first-order valence-electron chi connectivity index (χ1n) is 3.70. The van der Waals surface area contributed by atoms with Crippen molar-refractivity contribution in [3.63, 3.8) is 0 Å². The molecular formula is C7H11NO2. The molecule has 0 bridgehead atoms. The molecule has 56 valence electrons. The lowest BCUT2D eigenvalue weighted by Gasteiger charge is -2.18. The van der Waals surface area contributed by atoms with Crippen molar-refractivity contribution in [2.75, 3.05) is 19.8 Å². The van der Waals surface area contributed by atoms with Crippen molar-refractivity contribution in [1.29, 1.82) is 0 Å². The number of rotatable bonds is 0. The Morgan fingerprint density at radius 2 is 2.50 bits per heavy atom. The second-order valence-corrected chi connectivity index (χ2v) is 2.98. The van der Waals surface area contributed by atoms with E-state index in [0.717, 1.165) is 19.6 Å². The molecule has 3 nitrogen and oxygen atoms in total. The van der Waals surface area contributed by atoms with Crippen molar-refractivity contribution in [3.05, 3.63) is 0 Å². The van der Waals surface area contributed by atoms with Crippen molar-refractivity contribution >= 4 is 5.78 Å². The van der Waals surface area contributed by atoms with Crippen LogP contribution in [-0.2, 0) is 9.53 Å². The fraction of sp³-hybridized carbons (Fsp3) is 0.857. The van der Waals surface area contributed by atoms with Crippen LogP contribution < -0.4 is 5.32 Å². The molecule has 3 heteroatoms. The minimum Gasteiger partial charge on any atom is -0.379 e. The summed E-state index contributed by atoms with van der Waals surface area (Å²) < 4.78 is 5.17. The van der Waals surface area contributed by atoms with E-state index in [9.17, 15) is 4.79 Å². The van der Waals surface area contributed by atoms with E-state index in [0.29, 0.717) is 18.8 Å². The SMILES string of the molecule is O=C1CCNC12CCOC2. The third-order valence-electron chi connectivity index (χ3n) is 2.37. The molecule has 1 N–H and O–H groups in total. The second-order valence-electron chi connectivity index (χ2n) is 2.98. The number of Topliss-reactive ketones (excluding diaryl/α,β-unsaturated/α-hetero) is 1. The van der Waals surface area contributed by atoms with Gasteiger partial charge in [-0.3, -0.25) is 4.79 Å². The Balaban J connectivity index is 2.19. The molecule has 10 heavy (non-hydrogen) atoms. The van der Waals surface area contributed by atoms with Crippen LogP contribution in [0.15, 0.2) is 0 Å². The van der Waals surface area contributed by atoms with Gasteiger partial charge in [-0.1, -0.05) is 0 Å². The lowest BCUT2D eigenvalue weighted by atomic mass is 9.96. The predicted octanol–water partition coefficient (Wildman–Crippen LogP) is -0.292. The van der Waals surface area contributed by atoms with Crippen LogP contribution in [0.4, 0.5) is 0 Å². The maximum atomic E-state index is 11.3. The first-order valence-corrected chi connectivity index (χ1v) is 3.70. The van der Waals surface area contributed by atoms with Gasteiger partial charge >= 0.3 is 0 Å². The molecule has 2 aliphatic heterocycles. The van der Waals surface area contributed by atoms with Crippen LogP contribution in [0.25, 0.3) is 0 Å². The number of carbonyl (C=O) groups excluding carboxylic acids is 1. The molecule has 0 saturated carbocycles.